The molecule has 196 valence electrons. The number of carbonyl (C=O) groups is 4. The third-order valence-electron chi connectivity index (χ3n) is 6.10. The Morgan fingerprint density at radius 2 is 1.74 bits per heavy atom. The lowest BCUT2D eigenvalue weighted by molar-refractivity contribution is -0.124. The number of hydrogen-bond acceptors (Lipinski definition) is 6. The Morgan fingerprint density at radius 1 is 0.974 bits per heavy atom. The number of carbonyl (C=O) groups excluding carboxylic acids is 4. The second-order valence-electron chi connectivity index (χ2n) is 8.84. The zero-order chi connectivity index (χ0) is 27.2. The van der Waals surface area contributed by atoms with E-state index in [9.17, 15) is 19.2 Å². The van der Waals surface area contributed by atoms with E-state index < -0.39 is 29.9 Å². The highest BCUT2D eigenvalue weighted by molar-refractivity contribution is 6.22. The maximum atomic E-state index is 13.6. The van der Waals surface area contributed by atoms with Crippen molar-refractivity contribution in [3.8, 4) is 5.75 Å². The number of nitrogens with zero attached hydrogens (tertiary/aromatic N) is 2. The number of amides is 4. The number of imide groups is 1. The van der Waals surface area contributed by atoms with Crippen molar-refractivity contribution in [2.24, 2.45) is 0 Å². The predicted molar refractivity (Wildman–Crippen MR) is 142 cm³/mol. The van der Waals surface area contributed by atoms with Gasteiger partial charge in [-0.15, -0.1) is 0 Å². The van der Waals surface area contributed by atoms with E-state index >= 15 is 0 Å². The Morgan fingerprint density at radius 3 is 2.47 bits per heavy atom. The summed E-state index contributed by atoms with van der Waals surface area (Å²) in [6, 6.07) is 19.1. The van der Waals surface area contributed by atoms with Crippen LogP contribution in [0.25, 0.3) is 0 Å². The summed E-state index contributed by atoms with van der Waals surface area (Å²) in [6.45, 7) is 3.92. The van der Waals surface area contributed by atoms with Gasteiger partial charge in [-0.25, -0.2) is 14.5 Å². The number of benzene rings is 3. The summed E-state index contributed by atoms with van der Waals surface area (Å²) >= 11 is 0. The number of urea groups is 1. The maximum absolute atomic E-state index is 13.6. The van der Waals surface area contributed by atoms with E-state index in [4.69, 9.17) is 9.47 Å². The number of hydrogen-bond donors (Lipinski definition) is 1. The smallest absolute Gasteiger partial charge is 0.338 e. The third kappa shape index (κ3) is 5.83. The van der Waals surface area contributed by atoms with Gasteiger partial charge in [0.15, 0.2) is 0 Å². The molecule has 1 N–H and O–H groups in total. The Bertz CT molecular complexity index is 1370. The molecule has 0 saturated carbocycles. The van der Waals surface area contributed by atoms with E-state index in [0.717, 1.165) is 16.0 Å². The Kier molecular flexibility index (Phi) is 8.06. The normalized spacial score (nSPS) is 15.0. The van der Waals surface area contributed by atoms with Crippen LogP contribution in [0.3, 0.4) is 0 Å². The van der Waals surface area contributed by atoms with E-state index in [2.05, 4.69) is 5.32 Å². The molecule has 4 amide bonds. The van der Waals surface area contributed by atoms with Crippen molar-refractivity contribution in [1.82, 2.24) is 4.90 Å². The largest absolute Gasteiger partial charge is 0.497 e. The van der Waals surface area contributed by atoms with Crippen molar-refractivity contribution in [3.63, 3.8) is 0 Å². The monoisotopic (exact) mass is 515 g/mol. The molecule has 0 bridgehead atoms. The summed E-state index contributed by atoms with van der Waals surface area (Å²) in [4.78, 5) is 54.7. The van der Waals surface area contributed by atoms with Crippen molar-refractivity contribution in [2.45, 2.75) is 32.9 Å². The average molecular weight is 516 g/mol. The van der Waals surface area contributed by atoms with Gasteiger partial charge in [0.2, 0.25) is 5.91 Å². The molecule has 1 saturated heterocycles. The van der Waals surface area contributed by atoms with Crippen LogP contribution in [0.1, 0.15) is 34.8 Å². The van der Waals surface area contributed by atoms with Crippen molar-refractivity contribution in [1.29, 1.82) is 0 Å². The topological polar surface area (TPSA) is 105 Å². The SMILES string of the molecule is CCOC(=O)c1cccc(NC(=O)C[C@@H]2C(=O)N(c3cccc(C)c3)C(=O)N2Cc2cccc(OC)c2)c1. The van der Waals surface area contributed by atoms with E-state index in [1.165, 1.54) is 11.0 Å². The summed E-state index contributed by atoms with van der Waals surface area (Å²) in [5.41, 5.74) is 2.77. The first kappa shape index (κ1) is 26.4. The molecule has 9 heteroatoms. The molecule has 1 fully saturated rings. The molecule has 1 aliphatic rings. The van der Waals surface area contributed by atoms with Gasteiger partial charge in [-0.3, -0.25) is 9.59 Å². The standard InChI is InChI=1S/C29H29N3O6/c1-4-38-28(35)21-10-7-11-22(16-21)30-26(33)17-25-27(34)32(23-12-5-8-19(2)14-23)29(36)31(25)18-20-9-6-13-24(15-20)37-3/h5-16,25H,4,17-18H2,1-3H3,(H,30,33)/t25-/m1/s1. The first-order valence-corrected chi connectivity index (χ1v) is 12.2. The van der Waals surface area contributed by atoms with Gasteiger partial charge in [0.25, 0.3) is 5.91 Å². The summed E-state index contributed by atoms with van der Waals surface area (Å²) in [5, 5.41) is 2.73. The molecule has 0 aromatic heterocycles. The van der Waals surface area contributed by atoms with Crippen LogP contribution in [0.15, 0.2) is 72.8 Å². The number of methoxy groups -OCH3 is 1. The number of ether oxygens (including phenoxy) is 2. The molecule has 3 aromatic rings. The zero-order valence-corrected chi connectivity index (χ0v) is 21.5. The fraction of sp³-hybridized carbons (Fsp3) is 0.241. The van der Waals surface area contributed by atoms with Gasteiger partial charge in [0.05, 0.1) is 31.4 Å². The van der Waals surface area contributed by atoms with E-state index in [1.807, 2.05) is 19.1 Å². The molecular formula is C29H29N3O6. The minimum atomic E-state index is -1.03. The number of esters is 1. The summed E-state index contributed by atoms with van der Waals surface area (Å²) in [6.07, 6.45) is -0.263. The lowest BCUT2D eigenvalue weighted by Crippen LogP contribution is -2.37. The fourth-order valence-electron chi connectivity index (χ4n) is 4.31. The highest BCUT2D eigenvalue weighted by atomic mass is 16.5. The molecule has 0 radical (unpaired) electrons. The summed E-state index contributed by atoms with van der Waals surface area (Å²) in [7, 11) is 1.55. The van der Waals surface area contributed by atoms with Crippen LogP contribution in [0.5, 0.6) is 5.75 Å². The quantitative estimate of drug-likeness (QED) is 0.331. The Labute approximate surface area is 220 Å². The second-order valence-corrected chi connectivity index (χ2v) is 8.84. The van der Waals surface area contributed by atoms with Crippen LogP contribution in [-0.4, -0.2) is 48.5 Å². The van der Waals surface area contributed by atoms with Crippen LogP contribution in [0, 0.1) is 6.92 Å². The average Bonchev–Trinajstić information content (AvgIpc) is 3.12. The first-order chi connectivity index (χ1) is 18.3. The van der Waals surface area contributed by atoms with Gasteiger partial charge in [-0.2, -0.15) is 0 Å². The molecular weight excluding hydrogens is 486 g/mol. The van der Waals surface area contributed by atoms with Crippen molar-refractivity contribution in [2.75, 3.05) is 23.9 Å². The number of nitrogens with one attached hydrogen (secondary N) is 1. The molecule has 1 aliphatic heterocycles. The van der Waals surface area contributed by atoms with Crippen LogP contribution < -0.4 is 15.0 Å². The molecule has 4 rings (SSSR count). The van der Waals surface area contributed by atoms with Crippen molar-refractivity contribution >= 4 is 35.2 Å². The van der Waals surface area contributed by atoms with Crippen molar-refractivity contribution in [3.05, 3.63) is 89.5 Å². The van der Waals surface area contributed by atoms with Crippen molar-refractivity contribution < 1.29 is 28.7 Å². The van der Waals surface area contributed by atoms with Gasteiger partial charge in [-0.1, -0.05) is 30.3 Å². The van der Waals surface area contributed by atoms with Gasteiger partial charge in [-0.05, 0) is 67.4 Å². The summed E-state index contributed by atoms with van der Waals surface area (Å²) < 4.78 is 10.3. The van der Waals surface area contributed by atoms with Gasteiger partial charge < -0.3 is 19.7 Å². The highest BCUT2D eigenvalue weighted by Gasteiger charge is 2.46. The molecule has 0 unspecified atom stereocenters. The van der Waals surface area contributed by atoms with Gasteiger partial charge in [0, 0.05) is 12.2 Å². The summed E-state index contributed by atoms with van der Waals surface area (Å²) in [5.74, 6) is -0.844. The first-order valence-electron chi connectivity index (χ1n) is 12.2. The third-order valence-corrected chi connectivity index (χ3v) is 6.10. The molecule has 1 heterocycles. The van der Waals surface area contributed by atoms with Crippen LogP contribution in [-0.2, 0) is 20.9 Å². The van der Waals surface area contributed by atoms with Crippen LogP contribution in [0.2, 0.25) is 0 Å². The Hall–Kier alpha value is -4.66. The zero-order valence-electron chi connectivity index (χ0n) is 21.5. The molecule has 3 aromatic carbocycles. The maximum Gasteiger partial charge on any atom is 0.338 e. The Balaban J connectivity index is 1.59. The molecule has 0 spiro atoms. The molecule has 38 heavy (non-hydrogen) atoms. The minimum absolute atomic E-state index is 0.111. The second kappa shape index (κ2) is 11.6. The number of rotatable bonds is 9. The lowest BCUT2D eigenvalue weighted by Gasteiger charge is -2.22. The number of aryl methyl sites for hydroxylation is 1. The lowest BCUT2D eigenvalue weighted by atomic mass is 10.1. The van der Waals surface area contributed by atoms with Gasteiger partial charge >= 0.3 is 12.0 Å². The van der Waals surface area contributed by atoms with Crippen LogP contribution in [0.4, 0.5) is 16.2 Å². The van der Waals surface area contributed by atoms with Crippen LogP contribution >= 0.6 is 0 Å². The fourth-order valence-corrected chi connectivity index (χ4v) is 4.31. The highest BCUT2D eigenvalue weighted by Crippen LogP contribution is 2.30. The molecule has 1 atom stereocenters. The van der Waals surface area contributed by atoms with Gasteiger partial charge in [0.1, 0.15) is 11.8 Å². The molecule has 0 aliphatic carbocycles. The van der Waals surface area contributed by atoms with E-state index in [0.29, 0.717) is 22.7 Å². The molecule has 9 nitrogen and oxygen atoms in total. The predicted octanol–water partition coefficient (Wildman–Crippen LogP) is 4.55. The van der Waals surface area contributed by atoms with E-state index in [1.54, 1.807) is 68.6 Å². The minimum Gasteiger partial charge on any atom is -0.497 e. The van der Waals surface area contributed by atoms with E-state index in [-0.39, 0.29) is 19.6 Å². The number of anilines is 2.